The molecule has 0 aromatic heterocycles. The van der Waals surface area contributed by atoms with Gasteiger partial charge in [0.25, 0.3) is 5.91 Å². The van der Waals surface area contributed by atoms with Crippen LogP contribution in [0.25, 0.3) is 0 Å². The Morgan fingerprint density at radius 2 is 2.10 bits per heavy atom. The van der Waals surface area contributed by atoms with Gasteiger partial charge in [0.15, 0.2) is 0 Å². The Kier molecular flexibility index (Phi) is 4.27. The van der Waals surface area contributed by atoms with Gasteiger partial charge >= 0.3 is 5.97 Å². The molecule has 1 aliphatic rings. The maximum Gasteiger partial charge on any atom is 0.305 e. The topological polar surface area (TPSA) is 77.8 Å². The van der Waals surface area contributed by atoms with E-state index in [4.69, 9.17) is 5.11 Å². The molecule has 1 aliphatic heterocycles. The second kappa shape index (κ2) is 5.94. The molecule has 0 bridgehead atoms. The number of rotatable bonds is 3. The van der Waals surface area contributed by atoms with Gasteiger partial charge in [-0.25, -0.2) is 0 Å². The number of carboxylic acid groups (broad SMARTS) is 1. The molecule has 5 nitrogen and oxygen atoms in total. The van der Waals surface area contributed by atoms with Gasteiger partial charge in [0.1, 0.15) is 5.75 Å². The van der Waals surface area contributed by atoms with E-state index < -0.39 is 5.97 Å². The lowest BCUT2D eigenvalue weighted by Gasteiger charge is -2.35. The molecule has 0 saturated carbocycles. The predicted octanol–water partition coefficient (Wildman–Crippen LogP) is 2.17. The highest BCUT2D eigenvalue weighted by Crippen LogP contribution is 2.26. The van der Waals surface area contributed by atoms with E-state index in [9.17, 15) is 14.7 Å². The van der Waals surface area contributed by atoms with E-state index in [0.29, 0.717) is 13.0 Å². The molecule has 2 N–H and O–H groups in total. The summed E-state index contributed by atoms with van der Waals surface area (Å²) in [6.45, 7) is 2.38. The first kappa shape index (κ1) is 14.4. The molecule has 1 amide bonds. The molecular weight excluding hydrogens is 258 g/mol. The third-order valence-corrected chi connectivity index (χ3v) is 3.68. The molecule has 108 valence electrons. The molecule has 1 unspecified atom stereocenters. The summed E-state index contributed by atoms with van der Waals surface area (Å²) in [6, 6.07) is 4.63. The molecule has 1 aromatic rings. The van der Waals surface area contributed by atoms with Crippen LogP contribution in [0.15, 0.2) is 18.2 Å². The highest BCUT2D eigenvalue weighted by atomic mass is 16.4. The summed E-state index contributed by atoms with van der Waals surface area (Å²) in [5, 5.41) is 18.8. The van der Waals surface area contributed by atoms with Crippen molar-refractivity contribution in [3.63, 3.8) is 0 Å². The van der Waals surface area contributed by atoms with Crippen molar-refractivity contribution in [3.8, 4) is 5.75 Å². The first-order valence-corrected chi connectivity index (χ1v) is 6.81. The van der Waals surface area contributed by atoms with E-state index in [1.165, 1.54) is 0 Å². The molecule has 0 radical (unpaired) electrons. The fraction of sp³-hybridized carbons (Fsp3) is 0.467. The number of carboxylic acids is 1. The zero-order valence-electron chi connectivity index (χ0n) is 11.5. The highest BCUT2D eigenvalue weighted by Gasteiger charge is 2.30. The normalized spacial score (nSPS) is 18.9. The zero-order chi connectivity index (χ0) is 14.7. The second-order valence-corrected chi connectivity index (χ2v) is 5.27. The number of aromatic hydroxyl groups is 1. The third-order valence-electron chi connectivity index (χ3n) is 3.68. The number of benzene rings is 1. The number of piperidine rings is 1. The SMILES string of the molecule is Cc1ccc(C(=O)N2CCCCC2CC(=O)O)c(O)c1. The van der Waals surface area contributed by atoms with Crippen LogP contribution in [-0.4, -0.2) is 39.6 Å². The molecule has 1 atom stereocenters. The van der Waals surface area contributed by atoms with Crippen LogP contribution in [0.3, 0.4) is 0 Å². The Bertz CT molecular complexity index is 527. The number of likely N-dealkylation sites (tertiary alicyclic amines) is 1. The standard InChI is InChI=1S/C15H19NO4/c1-10-5-6-12(13(17)8-10)15(20)16-7-3-2-4-11(16)9-14(18)19/h5-6,8,11,17H,2-4,7,9H2,1H3,(H,18,19). The fourth-order valence-corrected chi connectivity index (χ4v) is 2.66. The molecular formula is C15H19NO4. The van der Waals surface area contributed by atoms with Gasteiger partial charge in [0.05, 0.1) is 12.0 Å². The van der Waals surface area contributed by atoms with Crippen molar-refractivity contribution < 1.29 is 19.8 Å². The van der Waals surface area contributed by atoms with Gasteiger partial charge < -0.3 is 15.1 Å². The van der Waals surface area contributed by atoms with Crippen LogP contribution >= 0.6 is 0 Å². The largest absolute Gasteiger partial charge is 0.507 e. The monoisotopic (exact) mass is 277 g/mol. The summed E-state index contributed by atoms with van der Waals surface area (Å²) in [7, 11) is 0. The van der Waals surface area contributed by atoms with Crippen molar-refractivity contribution in [1.29, 1.82) is 0 Å². The van der Waals surface area contributed by atoms with Crippen molar-refractivity contribution in [3.05, 3.63) is 29.3 Å². The minimum Gasteiger partial charge on any atom is -0.507 e. The number of aliphatic carboxylic acids is 1. The van der Waals surface area contributed by atoms with Crippen LogP contribution < -0.4 is 0 Å². The number of nitrogens with zero attached hydrogens (tertiary/aromatic N) is 1. The van der Waals surface area contributed by atoms with Gasteiger partial charge in [-0.1, -0.05) is 6.07 Å². The van der Waals surface area contributed by atoms with Gasteiger partial charge in [-0.3, -0.25) is 9.59 Å². The van der Waals surface area contributed by atoms with Crippen LogP contribution in [-0.2, 0) is 4.79 Å². The van der Waals surface area contributed by atoms with Crippen molar-refractivity contribution in [1.82, 2.24) is 4.90 Å². The van der Waals surface area contributed by atoms with Crippen LogP contribution in [0.4, 0.5) is 0 Å². The van der Waals surface area contributed by atoms with Crippen molar-refractivity contribution in [2.24, 2.45) is 0 Å². The van der Waals surface area contributed by atoms with Crippen LogP contribution in [0.5, 0.6) is 5.75 Å². The minimum atomic E-state index is -0.900. The lowest BCUT2D eigenvalue weighted by molar-refractivity contribution is -0.138. The molecule has 5 heteroatoms. The lowest BCUT2D eigenvalue weighted by Crippen LogP contribution is -2.44. The van der Waals surface area contributed by atoms with Crippen LogP contribution in [0.1, 0.15) is 41.6 Å². The van der Waals surface area contributed by atoms with Crippen LogP contribution in [0, 0.1) is 6.92 Å². The summed E-state index contributed by atoms with van der Waals surface area (Å²) in [4.78, 5) is 25.0. The summed E-state index contributed by atoms with van der Waals surface area (Å²) in [5.74, 6) is -1.23. The van der Waals surface area contributed by atoms with E-state index >= 15 is 0 Å². The van der Waals surface area contributed by atoms with E-state index in [-0.39, 0.29) is 29.7 Å². The number of carbonyl (C=O) groups is 2. The summed E-state index contributed by atoms with van der Waals surface area (Å²) in [5.41, 5.74) is 1.12. The lowest BCUT2D eigenvalue weighted by atomic mass is 9.98. The number of phenols is 1. The Hall–Kier alpha value is -2.04. The predicted molar refractivity (Wildman–Crippen MR) is 73.8 cm³/mol. The summed E-state index contributed by atoms with van der Waals surface area (Å²) in [6.07, 6.45) is 2.46. The van der Waals surface area contributed by atoms with Gasteiger partial charge in [-0.2, -0.15) is 0 Å². The van der Waals surface area contributed by atoms with Gasteiger partial charge in [0.2, 0.25) is 0 Å². The number of carbonyl (C=O) groups excluding carboxylic acids is 1. The van der Waals surface area contributed by atoms with E-state index in [0.717, 1.165) is 18.4 Å². The van der Waals surface area contributed by atoms with Crippen molar-refractivity contribution >= 4 is 11.9 Å². The number of phenolic OH excluding ortho intramolecular Hbond substituents is 1. The maximum absolute atomic E-state index is 12.5. The zero-order valence-corrected chi connectivity index (χ0v) is 11.5. The van der Waals surface area contributed by atoms with E-state index in [1.54, 1.807) is 23.1 Å². The number of hydrogen-bond acceptors (Lipinski definition) is 3. The second-order valence-electron chi connectivity index (χ2n) is 5.27. The fourth-order valence-electron chi connectivity index (χ4n) is 2.66. The molecule has 1 heterocycles. The molecule has 1 saturated heterocycles. The van der Waals surface area contributed by atoms with Crippen molar-refractivity contribution in [2.75, 3.05) is 6.54 Å². The van der Waals surface area contributed by atoms with Gasteiger partial charge in [-0.15, -0.1) is 0 Å². The first-order valence-electron chi connectivity index (χ1n) is 6.81. The number of aryl methyl sites for hydroxylation is 1. The summed E-state index contributed by atoms with van der Waals surface area (Å²) >= 11 is 0. The van der Waals surface area contributed by atoms with Gasteiger partial charge in [0, 0.05) is 12.6 Å². The number of hydrogen-bond donors (Lipinski definition) is 2. The van der Waals surface area contributed by atoms with E-state index in [1.807, 2.05) is 6.92 Å². The van der Waals surface area contributed by atoms with E-state index in [2.05, 4.69) is 0 Å². The average Bonchev–Trinajstić information content (AvgIpc) is 2.38. The third kappa shape index (κ3) is 3.10. The Morgan fingerprint density at radius 1 is 1.35 bits per heavy atom. The smallest absolute Gasteiger partial charge is 0.305 e. The summed E-state index contributed by atoms with van der Waals surface area (Å²) < 4.78 is 0. The quantitative estimate of drug-likeness (QED) is 0.887. The Morgan fingerprint density at radius 3 is 2.75 bits per heavy atom. The molecule has 0 spiro atoms. The van der Waals surface area contributed by atoms with Crippen molar-refractivity contribution in [2.45, 2.75) is 38.6 Å². The highest BCUT2D eigenvalue weighted by molar-refractivity contribution is 5.97. The Balaban J connectivity index is 2.22. The Labute approximate surface area is 117 Å². The maximum atomic E-state index is 12.5. The van der Waals surface area contributed by atoms with Crippen LogP contribution in [0.2, 0.25) is 0 Å². The average molecular weight is 277 g/mol. The molecule has 1 fully saturated rings. The van der Waals surface area contributed by atoms with Gasteiger partial charge in [-0.05, 0) is 43.9 Å². The molecule has 20 heavy (non-hydrogen) atoms. The number of amides is 1. The molecule has 0 aliphatic carbocycles. The molecule has 1 aromatic carbocycles. The minimum absolute atomic E-state index is 0.0433. The first-order chi connectivity index (χ1) is 9.49. The molecule has 2 rings (SSSR count).